The number of β-amino-alcohol motifs (C(OH)–C–C–N with tert-alkyl or cyclic N) is 1. The van der Waals surface area contributed by atoms with Gasteiger partial charge >= 0.3 is 6.18 Å². The fourth-order valence-electron chi connectivity index (χ4n) is 2.58. The maximum absolute atomic E-state index is 13.0. The molecule has 1 aliphatic heterocycles. The molecular formula is C15H17F4NO2. The number of carbonyl (C=O) groups is 1. The lowest BCUT2D eigenvalue weighted by Crippen LogP contribution is -2.50. The van der Waals surface area contributed by atoms with Crippen LogP contribution in [0.2, 0.25) is 0 Å². The number of amides is 1. The van der Waals surface area contributed by atoms with Crippen molar-refractivity contribution in [3.05, 3.63) is 35.6 Å². The second-order valence-corrected chi connectivity index (χ2v) is 6.14. The number of nitrogens with zero attached hydrogens (tertiary/aromatic N) is 1. The first kappa shape index (κ1) is 16.7. The fourth-order valence-corrected chi connectivity index (χ4v) is 2.58. The zero-order chi connectivity index (χ0) is 16.8. The summed E-state index contributed by atoms with van der Waals surface area (Å²) in [6.45, 7) is 2.18. The molecule has 2 rings (SSSR count). The number of benzene rings is 1. The Kier molecular flexibility index (Phi) is 3.97. The third kappa shape index (κ3) is 2.82. The van der Waals surface area contributed by atoms with Gasteiger partial charge in [-0.05, 0) is 31.5 Å². The summed E-state index contributed by atoms with van der Waals surface area (Å²) in [7, 11) is 0. The Morgan fingerprint density at radius 3 is 2.23 bits per heavy atom. The Balaban J connectivity index is 2.20. The zero-order valence-corrected chi connectivity index (χ0v) is 12.2. The van der Waals surface area contributed by atoms with Crippen LogP contribution in [0.3, 0.4) is 0 Å². The van der Waals surface area contributed by atoms with Crippen LogP contribution in [0.25, 0.3) is 0 Å². The molecule has 22 heavy (non-hydrogen) atoms. The van der Waals surface area contributed by atoms with Gasteiger partial charge in [-0.15, -0.1) is 0 Å². The van der Waals surface area contributed by atoms with Gasteiger partial charge in [0.2, 0.25) is 5.91 Å². The number of halogens is 4. The molecule has 0 saturated carbocycles. The van der Waals surface area contributed by atoms with Gasteiger partial charge in [-0.3, -0.25) is 4.79 Å². The number of alkyl halides is 3. The SMILES string of the molecule is CC(C)(C(=O)N1CC[C@@](O)(C(F)(F)F)C1)c1ccc(F)cc1. The second kappa shape index (κ2) is 5.22. The zero-order valence-electron chi connectivity index (χ0n) is 12.2. The Morgan fingerprint density at radius 2 is 1.77 bits per heavy atom. The molecule has 1 aromatic rings. The molecule has 0 radical (unpaired) electrons. The molecule has 0 aromatic heterocycles. The molecule has 1 atom stereocenters. The highest BCUT2D eigenvalue weighted by molar-refractivity contribution is 5.87. The van der Waals surface area contributed by atoms with Gasteiger partial charge in [-0.1, -0.05) is 12.1 Å². The van der Waals surface area contributed by atoms with E-state index in [1.54, 1.807) is 13.8 Å². The number of carbonyl (C=O) groups excluding carboxylic acids is 1. The van der Waals surface area contributed by atoms with Crippen molar-refractivity contribution >= 4 is 5.91 Å². The minimum atomic E-state index is -4.78. The topological polar surface area (TPSA) is 40.5 Å². The number of hydrogen-bond donors (Lipinski definition) is 1. The van der Waals surface area contributed by atoms with Crippen molar-refractivity contribution in [3.63, 3.8) is 0 Å². The van der Waals surface area contributed by atoms with Gasteiger partial charge in [0.05, 0.1) is 12.0 Å². The van der Waals surface area contributed by atoms with Crippen molar-refractivity contribution in [3.8, 4) is 0 Å². The van der Waals surface area contributed by atoms with Gasteiger partial charge in [0.15, 0.2) is 5.60 Å². The number of hydrogen-bond acceptors (Lipinski definition) is 2. The molecular weight excluding hydrogens is 302 g/mol. The highest BCUT2D eigenvalue weighted by Gasteiger charge is 2.58. The van der Waals surface area contributed by atoms with E-state index < -0.39 is 41.9 Å². The summed E-state index contributed by atoms with van der Waals surface area (Å²) >= 11 is 0. The Bertz CT molecular complexity index is 568. The molecule has 0 bridgehead atoms. The van der Waals surface area contributed by atoms with Crippen LogP contribution in [0.1, 0.15) is 25.8 Å². The molecule has 3 nitrogen and oxygen atoms in total. The van der Waals surface area contributed by atoms with Crippen LogP contribution >= 0.6 is 0 Å². The van der Waals surface area contributed by atoms with E-state index >= 15 is 0 Å². The number of aliphatic hydroxyl groups is 1. The van der Waals surface area contributed by atoms with Crippen molar-refractivity contribution in [1.29, 1.82) is 0 Å². The number of rotatable bonds is 2. The first-order valence-electron chi connectivity index (χ1n) is 6.82. The predicted octanol–water partition coefficient (Wildman–Crippen LogP) is 2.63. The smallest absolute Gasteiger partial charge is 0.379 e. The Morgan fingerprint density at radius 1 is 1.23 bits per heavy atom. The molecule has 1 heterocycles. The highest BCUT2D eigenvalue weighted by atomic mass is 19.4. The van der Waals surface area contributed by atoms with Crippen LogP contribution in [0.4, 0.5) is 17.6 Å². The third-order valence-electron chi connectivity index (χ3n) is 4.16. The standard InChI is InChI=1S/C15H17F4NO2/c1-13(2,10-3-5-11(16)6-4-10)12(21)20-8-7-14(22,9-20)15(17,18)19/h3-6,22H,7-9H2,1-2H3/t14-/m0/s1. The Labute approximate surface area is 125 Å². The lowest BCUT2D eigenvalue weighted by Gasteiger charge is -2.31. The van der Waals surface area contributed by atoms with Crippen molar-refractivity contribution in [2.45, 2.75) is 37.5 Å². The average Bonchev–Trinajstić information content (AvgIpc) is 2.82. The summed E-state index contributed by atoms with van der Waals surface area (Å²) in [5, 5.41) is 9.65. The number of likely N-dealkylation sites (tertiary alicyclic amines) is 1. The van der Waals surface area contributed by atoms with E-state index in [0.29, 0.717) is 5.56 Å². The molecule has 0 spiro atoms. The highest BCUT2D eigenvalue weighted by Crippen LogP contribution is 2.39. The molecule has 122 valence electrons. The van der Waals surface area contributed by atoms with E-state index in [-0.39, 0.29) is 6.54 Å². The molecule has 1 fully saturated rings. The lowest BCUT2D eigenvalue weighted by molar-refractivity contribution is -0.253. The Hall–Kier alpha value is -1.63. The largest absolute Gasteiger partial charge is 0.419 e. The molecule has 1 aromatic carbocycles. The van der Waals surface area contributed by atoms with Gasteiger partial charge in [0.1, 0.15) is 5.82 Å². The molecule has 0 unspecified atom stereocenters. The van der Waals surface area contributed by atoms with Crippen LogP contribution < -0.4 is 0 Å². The van der Waals surface area contributed by atoms with Gasteiger partial charge < -0.3 is 10.0 Å². The summed E-state index contributed by atoms with van der Waals surface area (Å²) in [6, 6.07) is 5.25. The van der Waals surface area contributed by atoms with E-state index in [9.17, 15) is 27.5 Å². The van der Waals surface area contributed by atoms with Crippen LogP contribution in [-0.2, 0) is 10.2 Å². The van der Waals surface area contributed by atoms with E-state index in [1.807, 2.05) is 0 Å². The normalized spacial score (nSPS) is 23.0. The van der Waals surface area contributed by atoms with Crippen LogP contribution in [0.15, 0.2) is 24.3 Å². The van der Waals surface area contributed by atoms with Crippen molar-refractivity contribution in [1.82, 2.24) is 4.90 Å². The quantitative estimate of drug-likeness (QED) is 0.851. The maximum atomic E-state index is 13.0. The first-order valence-corrected chi connectivity index (χ1v) is 6.82. The average molecular weight is 319 g/mol. The minimum Gasteiger partial charge on any atom is -0.379 e. The minimum absolute atomic E-state index is 0.167. The monoisotopic (exact) mass is 319 g/mol. The van der Waals surface area contributed by atoms with Crippen LogP contribution in [0.5, 0.6) is 0 Å². The van der Waals surface area contributed by atoms with Crippen LogP contribution in [0, 0.1) is 5.82 Å². The summed E-state index contributed by atoms with van der Waals surface area (Å²) in [5.74, 6) is -0.987. The van der Waals surface area contributed by atoms with Crippen molar-refractivity contribution in [2.75, 3.05) is 13.1 Å². The molecule has 0 aliphatic carbocycles. The van der Waals surface area contributed by atoms with Crippen molar-refractivity contribution < 1.29 is 27.5 Å². The summed E-state index contributed by atoms with van der Waals surface area (Å²) in [6.07, 6.45) is -5.32. The first-order chi connectivity index (χ1) is 9.97. The lowest BCUT2D eigenvalue weighted by atomic mass is 9.83. The van der Waals surface area contributed by atoms with Gasteiger partial charge in [-0.2, -0.15) is 13.2 Å². The maximum Gasteiger partial charge on any atom is 0.419 e. The third-order valence-corrected chi connectivity index (χ3v) is 4.16. The van der Waals surface area contributed by atoms with E-state index in [0.717, 1.165) is 4.90 Å². The molecule has 1 amide bonds. The van der Waals surface area contributed by atoms with Crippen molar-refractivity contribution in [2.24, 2.45) is 0 Å². The van der Waals surface area contributed by atoms with Gasteiger partial charge in [0.25, 0.3) is 0 Å². The predicted molar refractivity (Wildman–Crippen MR) is 71.6 cm³/mol. The fraction of sp³-hybridized carbons (Fsp3) is 0.533. The summed E-state index contributed by atoms with van der Waals surface area (Å²) in [4.78, 5) is 13.5. The van der Waals surface area contributed by atoms with E-state index in [1.165, 1.54) is 24.3 Å². The molecule has 7 heteroatoms. The second-order valence-electron chi connectivity index (χ2n) is 6.14. The molecule has 1 N–H and O–H groups in total. The molecule has 1 aliphatic rings. The van der Waals surface area contributed by atoms with Gasteiger partial charge in [-0.25, -0.2) is 4.39 Å². The summed E-state index contributed by atoms with van der Waals surface area (Å²) in [5.41, 5.74) is -3.46. The summed E-state index contributed by atoms with van der Waals surface area (Å²) < 4.78 is 51.4. The van der Waals surface area contributed by atoms with Crippen LogP contribution in [-0.4, -0.2) is 40.8 Å². The van der Waals surface area contributed by atoms with E-state index in [2.05, 4.69) is 0 Å². The van der Waals surface area contributed by atoms with E-state index in [4.69, 9.17) is 0 Å². The van der Waals surface area contributed by atoms with Gasteiger partial charge in [0, 0.05) is 13.0 Å². The molecule has 1 saturated heterocycles.